The second-order valence-corrected chi connectivity index (χ2v) is 7.23. The number of nitrogens with zero attached hydrogens (tertiary/aromatic N) is 3. The Bertz CT molecular complexity index is 1360. The Morgan fingerprint density at radius 1 is 1.35 bits per heavy atom. The minimum Gasteiger partial charge on any atom is -0.458 e. The molecular weight excluding hydrogens is 402 g/mol. The van der Waals surface area contributed by atoms with E-state index in [1.54, 1.807) is 6.07 Å². The molecule has 4 N–H and O–H groups in total. The van der Waals surface area contributed by atoms with E-state index in [-0.39, 0.29) is 36.4 Å². The van der Waals surface area contributed by atoms with Crippen LogP contribution in [0.2, 0.25) is 0 Å². The molecule has 2 aliphatic heterocycles. The van der Waals surface area contributed by atoms with Crippen LogP contribution in [0.1, 0.15) is 28.4 Å². The lowest BCUT2D eigenvalue weighted by Gasteiger charge is -2.21. The Hall–Kier alpha value is -3.89. The van der Waals surface area contributed by atoms with Crippen molar-refractivity contribution in [1.29, 1.82) is 0 Å². The van der Waals surface area contributed by atoms with Crippen LogP contribution in [0.5, 0.6) is 0 Å². The number of nitrogens with two attached hydrogens (primary N) is 1. The van der Waals surface area contributed by atoms with Crippen molar-refractivity contribution in [2.45, 2.75) is 19.3 Å². The summed E-state index contributed by atoms with van der Waals surface area (Å²) in [6.45, 7) is -0.150. The first-order valence-electron chi connectivity index (χ1n) is 9.55. The zero-order valence-corrected chi connectivity index (χ0v) is 16.2. The number of hydrazone groups is 1. The Morgan fingerprint density at radius 2 is 2.16 bits per heavy atom. The van der Waals surface area contributed by atoms with Gasteiger partial charge in [0, 0.05) is 22.1 Å². The van der Waals surface area contributed by atoms with Gasteiger partial charge in [0.1, 0.15) is 6.61 Å². The molecular formula is C21H17N5O5. The Balaban J connectivity index is 1.72. The highest BCUT2D eigenvalue weighted by Gasteiger charge is 2.34. The molecule has 3 aromatic rings. The number of nitrogens with one attached hydrogen (secondary N) is 1. The number of esters is 1. The number of para-hydroxylation sites is 1. The minimum absolute atomic E-state index is 0.185. The van der Waals surface area contributed by atoms with E-state index in [0.29, 0.717) is 22.5 Å². The van der Waals surface area contributed by atoms with Crippen LogP contribution in [0.3, 0.4) is 0 Å². The zero-order valence-electron chi connectivity index (χ0n) is 16.2. The number of benzene rings is 1. The molecule has 0 aliphatic carbocycles. The van der Waals surface area contributed by atoms with Crippen LogP contribution in [-0.4, -0.2) is 39.3 Å². The number of pyridine rings is 2. The molecule has 0 spiro atoms. The normalized spacial score (nSPS) is 16.7. The molecule has 31 heavy (non-hydrogen) atoms. The van der Waals surface area contributed by atoms with Crippen LogP contribution >= 0.6 is 0 Å². The predicted molar refractivity (Wildman–Crippen MR) is 110 cm³/mol. The van der Waals surface area contributed by atoms with Crippen LogP contribution in [0.25, 0.3) is 22.3 Å². The number of carbonyl (C=O) groups is 2. The summed E-state index contributed by atoms with van der Waals surface area (Å²) < 4.78 is 6.46. The number of fused-ring (bicyclic) bond motifs is 5. The van der Waals surface area contributed by atoms with E-state index in [4.69, 9.17) is 15.5 Å². The van der Waals surface area contributed by atoms with Crippen molar-refractivity contribution in [2.75, 3.05) is 6.54 Å². The first-order valence-corrected chi connectivity index (χ1v) is 9.55. The summed E-state index contributed by atoms with van der Waals surface area (Å²) in [6.07, 6.45) is -0.00583. The molecule has 0 radical (unpaired) electrons. The van der Waals surface area contributed by atoms with Gasteiger partial charge < -0.3 is 20.1 Å². The maximum atomic E-state index is 13.1. The van der Waals surface area contributed by atoms with Crippen molar-refractivity contribution < 1.29 is 19.4 Å². The molecule has 156 valence electrons. The SMILES string of the molecule is NCC(=O)N/N=C/c1c2c(nc3ccccc13)-c1cc3c(c(=O)n1C2)COC(=O)C3O. The number of hydrogen-bond donors (Lipinski definition) is 3. The number of rotatable bonds is 3. The van der Waals surface area contributed by atoms with E-state index in [1.165, 1.54) is 10.8 Å². The lowest BCUT2D eigenvalue weighted by molar-refractivity contribution is -0.157. The number of carbonyl (C=O) groups excluding carboxylic acids is 2. The molecule has 1 atom stereocenters. The van der Waals surface area contributed by atoms with Crippen molar-refractivity contribution in [3.05, 3.63) is 62.9 Å². The lowest BCUT2D eigenvalue weighted by Crippen LogP contribution is -2.32. The molecule has 4 heterocycles. The Morgan fingerprint density at radius 3 is 2.97 bits per heavy atom. The van der Waals surface area contributed by atoms with Gasteiger partial charge in [-0.25, -0.2) is 15.2 Å². The number of aliphatic hydroxyl groups is 1. The predicted octanol–water partition coefficient (Wildman–Crippen LogP) is -0.0758. The summed E-state index contributed by atoms with van der Waals surface area (Å²) in [5, 5.41) is 15.0. The molecule has 1 unspecified atom stereocenters. The molecule has 0 bridgehead atoms. The van der Waals surface area contributed by atoms with Gasteiger partial charge in [0.2, 0.25) is 0 Å². The van der Waals surface area contributed by atoms with E-state index >= 15 is 0 Å². The van der Waals surface area contributed by atoms with Crippen molar-refractivity contribution >= 4 is 29.0 Å². The first-order chi connectivity index (χ1) is 15.0. The van der Waals surface area contributed by atoms with E-state index in [0.717, 1.165) is 10.9 Å². The fraction of sp³-hybridized carbons (Fsp3) is 0.190. The summed E-state index contributed by atoms with van der Waals surface area (Å²) in [5.41, 5.74) is 11.0. The molecule has 1 amide bonds. The number of hydrogen-bond acceptors (Lipinski definition) is 8. The molecule has 2 aromatic heterocycles. The third kappa shape index (κ3) is 2.92. The molecule has 10 nitrogen and oxygen atoms in total. The quantitative estimate of drug-likeness (QED) is 0.239. The highest BCUT2D eigenvalue weighted by Crippen LogP contribution is 2.37. The summed E-state index contributed by atoms with van der Waals surface area (Å²) >= 11 is 0. The average molecular weight is 419 g/mol. The number of aliphatic hydroxyl groups excluding tert-OH is 1. The molecule has 0 fully saturated rings. The number of amides is 1. The minimum atomic E-state index is -1.51. The lowest BCUT2D eigenvalue weighted by atomic mass is 9.99. The first kappa shape index (κ1) is 19.1. The van der Waals surface area contributed by atoms with Crippen molar-refractivity contribution in [3.8, 4) is 11.4 Å². The number of cyclic esters (lactones) is 1. The van der Waals surface area contributed by atoms with E-state index in [9.17, 15) is 19.5 Å². The van der Waals surface area contributed by atoms with Crippen molar-refractivity contribution in [3.63, 3.8) is 0 Å². The van der Waals surface area contributed by atoms with Crippen LogP contribution < -0.4 is 16.7 Å². The summed E-state index contributed by atoms with van der Waals surface area (Å²) in [7, 11) is 0. The van der Waals surface area contributed by atoms with Crippen molar-refractivity contribution in [1.82, 2.24) is 15.0 Å². The van der Waals surface area contributed by atoms with E-state index < -0.39 is 18.0 Å². The second-order valence-electron chi connectivity index (χ2n) is 7.23. The summed E-state index contributed by atoms with van der Waals surface area (Å²) in [6, 6.07) is 9.02. The third-order valence-electron chi connectivity index (χ3n) is 5.48. The summed E-state index contributed by atoms with van der Waals surface area (Å²) in [5.74, 6) is -1.22. The van der Waals surface area contributed by atoms with Gasteiger partial charge in [0.05, 0.1) is 41.8 Å². The monoisotopic (exact) mass is 419 g/mol. The van der Waals surface area contributed by atoms with E-state index in [2.05, 4.69) is 10.5 Å². The Kier molecular flexibility index (Phi) is 4.38. The van der Waals surface area contributed by atoms with Crippen LogP contribution in [0.15, 0.2) is 40.2 Å². The molecule has 2 aliphatic rings. The highest BCUT2D eigenvalue weighted by atomic mass is 16.5. The molecule has 1 aromatic carbocycles. The third-order valence-corrected chi connectivity index (χ3v) is 5.48. The topological polar surface area (TPSA) is 149 Å². The molecule has 0 saturated heterocycles. The van der Waals surface area contributed by atoms with Gasteiger partial charge in [-0.3, -0.25) is 9.59 Å². The Labute approximate surface area is 175 Å². The van der Waals surface area contributed by atoms with Gasteiger partial charge in [-0.1, -0.05) is 18.2 Å². The fourth-order valence-electron chi connectivity index (χ4n) is 3.97. The molecule has 10 heteroatoms. The largest absolute Gasteiger partial charge is 0.458 e. The van der Waals surface area contributed by atoms with Gasteiger partial charge in [0.15, 0.2) is 6.10 Å². The van der Waals surface area contributed by atoms with Gasteiger partial charge in [-0.05, 0) is 12.1 Å². The second kappa shape index (κ2) is 7.11. The molecule has 5 rings (SSSR count). The smallest absolute Gasteiger partial charge is 0.340 e. The zero-order chi connectivity index (χ0) is 21.7. The van der Waals surface area contributed by atoms with Crippen LogP contribution in [-0.2, 0) is 27.5 Å². The van der Waals surface area contributed by atoms with Crippen molar-refractivity contribution in [2.24, 2.45) is 10.8 Å². The van der Waals surface area contributed by atoms with Crippen LogP contribution in [0, 0.1) is 0 Å². The van der Waals surface area contributed by atoms with Crippen LogP contribution in [0.4, 0.5) is 0 Å². The highest BCUT2D eigenvalue weighted by molar-refractivity contribution is 6.02. The maximum Gasteiger partial charge on any atom is 0.340 e. The average Bonchev–Trinajstić information content (AvgIpc) is 3.15. The maximum absolute atomic E-state index is 13.1. The van der Waals surface area contributed by atoms with Gasteiger partial charge >= 0.3 is 5.97 Å². The van der Waals surface area contributed by atoms with Gasteiger partial charge in [0.25, 0.3) is 11.5 Å². The standard InChI is InChI=1S/C21H17N5O5/c22-6-17(27)25-23-7-12-10-3-1-2-4-15(10)24-18-13(12)8-26-16(18)5-11-14(20(26)29)9-31-21(30)19(11)28/h1-5,7,19,28H,6,8-9,22H2,(H,25,27)/b23-7+. The summed E-state index contributed by atoms with van der Waals surface area (Å²) in [4.78, 5) is 41.1. The fourth-order valence-corrected chi connectivity index (χ4v) is 3.97. The van der Waals surface area contributed by atoms with Gasteiger partial charge in [-0.2, -0.15) is 5.10 Å². The number of aromatic nitrogens is 2. The van der Waals surface area contributed by atoms with Gasteiger partial charge in [-0.15, -0.1) is 0 Å². The number of ether oxygens (including phenoxy) is 1. The van der Waals surface area contributed by atoms with E-state index in [1.807, 2.05) is 24.3 Å². The molecule has 0 saturated carbocycles.